The van der Waals surface area contributed by atoms with Crippen LogP contribution in [0.15, 0.2) is 6.33 Å². The average molecular weight is 336 g/mol. The van der Waals surface area contributed by atoms with Gasteiger partial charge < -0.3 is 9.80 Å². The van der Waals surface area contributed by atoms with E-state index in [0.29, 0.717) is 13.1 Å². The highest BCUT2D eigenvalue weighted by atomic mass is 19.3. The topological polar surface area (TPSA) is 49.3 Å². The summed E-state index contributed by atoms with van der Waals surface area (Å²) in [5.74, 6) is -1.72. The number of carbonyl (C=O) groups excluding carboxylic acids is 1. The molecule has 4 rings (SSSR count). The molecule has 0 N–H and O–H groups in total. The van der Waals surface area contributed by atoms with Crippen LogP contribution in [0.25, 0.3) is 0 Å². The van der Waals surface area contributed by atoms with Gasteiger partial charge in [0.15, 0.2) is 0 Å². The van der Waals surface area contributed by atoms with Crippen molar-refractivity contribution in [3.63, 3.8) is 0 Å². The molecule has 130 valence electrons. The highest BCUT2D eigenvalue weighted by Crippen LogP contribution is 2.33. The Morgan fingerprint density at radius 2 is 1.83 bits per heavy atom. The number of aryl methyl sites for hydroxylation is 1. The Labute approximate surface area is 140 Å². The molecule has 5 nitrogen and oxygen atoms in total. The summed E-state index contributed by atoms with van der Waals surface area (Å²) in [6.07, 6.45) is 5.52. The van der Waals surface area contributed by atoms with Gasteiger partial charge in [0.2, 0.25) is 5.91 Å². The maximum atomic E-state index is 13.2. The quantitative estimate of drug-likeness (QED) is 0.829. The normalized spacial score (nSPS) is 23.6. The van der Waals surface area contributed by atoms with E-state index in [1.54, 1.807) is 11.2 Å². The van der Waals surface area contributed by atoms with Crippen LogP contribution in [0.5, 0.6) is 0 Å². The van der Waals surface area contributed by atoms with Crippen molar-refractivity contribution in [2.75, 3.05) is 31.1 Å². The summed E-state index contributed by atoms with van der Waals surface area (Å²) in [6, 6.07) is 0. The van der Waals surface area contributed by atoms with Gasteiger partial charge in [-0.15, -0.1) is 0 Å². The van der Waals surface area contributed by atoms with Gasteiger partial charge in [0.25, 0.3) is 5.92 Å². The fourth-order valence-electron chi connectivity index (χ4n) is 3.90. The second-order valence-corrected chi connectivity index (χ2v) is 7.11. The zero-order valence-corrected chi connectivity index (χ0v) is 13.7. The Bertz CT molecular complexity index is 635. The molecule has 0 atom stereocenters. The van der Waals surface area contributed by atoms with Crippen LogP contribution in [0.4, 0.5) is 14.6 Å². The Balaban J connectivity index is 1.38. The van der Waals surface area contributed by atoms with Gasteiger partial charge in [0.1, 0.15) is 12.1 Å². The number of fused-ring (bicyclic) bond motifs is 1. The number of carbonyl (C=O) groups is 1. The molecule has 1 aromatic rings. The van der Waals surface area contributed by atoms with E-state index in [0.717, 1.165) is 30.8 Å². The first-order valence-electron chi connectivity index (χ1n) is 8.78. The first kappa shape index (κ1) is 15.7. The number of anilines is 1. The van der Waals surface area contributed by atoms with E-state index >= 15 is 0 Å². The van der Waals surface area contributed by atoms with Gasteiger partial charge in [-0.25, -0.2) is 18.7 Å². The van der Waals surface area contributed by atoms with Crippen LogP contribution in [0.1, 0.15) is 36.9 Å². The lowest BCUT2D eigenvalue weighted by molar-refractivity contribution is -0.142. The van der Waals surface area contributed by atoms with Crippen molar-refractivity contribution < 1.29 is 13.6 Å². The van der Waals surface area contributed by atoms with Crippen LogP contribution in [0, 0.1) is 5.92 Å². The molecule has 7 heteroatoms. The molecule has 0 bridgehead atoms. The Kier molecular flexibility index (Phi) is 3.89. The molecule has 0 aromatic carbocycles. The average Bonchev–Trinajstić information content (AvgIpc) is 2.53. The number of hydrogen-bond acceptors (Lipinski definition) is 4. The lowest BCUT2D eigenvalue weighted by Gasteiger charge is -2.43. The molecule has 2 saturated heterocycles. The van der Waals surface area contributed by atoms with Crippen molar-refractivity contribution in [2.24, 2.45) is 5.92 Å². The van der Waals surface area contributed by atoms with Crippen LogP contribution in [0.3, 0.4) is 0 Å². The van der Waals surface area contributed by atoms with Gasteiger partial charge in [0, 0.05) is 50.3 Å². The fraction of sp³-hybridized carbons (Fsp3) is 0.706. The standard InChI is InChI=1S/C17H22F2N4O/c18-17(19)5-7-22(8-6-17)16(24)12-9-23(10-12)15-13-3-1-2-4-14(13)20-11-21-15/h11-12H,1-10H2. The third kappa shape index (κ3) is 2.84. The summed E-state index contributed by atoms with van der Waals surface area (Å²) < 4.78 is 26.4. The van der Waals surface area contributed by atoms with E-state index in [-0.39, 0.29) is 37.8 Å². The second-order valence-electron chi connectivity index (χ2n) is 7.11. The number of piperidine rings is 1. The zero-order chi connectivity index (χ0) is 16.7. The van der Waals surface area contributed by atoms with Crippen LogP contribution < -0.4 is 4.90 Å². The highest BCUT2D eigenvalue weighted by molar-refractivity contribution is 5.82. The summed E-state index contributed by atoms with van der Waals surface area (Å²) in [6.45, 7) is 1.61. The minimum Gasteiger partial charge on any atom is -0.355 e. The van der Waals surface area contributed by atoms with Crippen LogP contribution >= 0.6 is 0 Å². The number of halogens is 2. The summed E-state index contributed by atoms with van der Waals surface area (Å²) >= 11 is 0. The summed E-state index contributed by atoms with van der Waals surface area (Å²) in [5.41, 5.74) is 2.37. The smallest absolute Gasteiger partial charge is 0.251 e. The lowest BCUT2D eigenvalue weighted by Crippen LogP contribution is -2.56. The molecule has 2 fully saturated rings. The highest BCUT2D eigenvalue weighted by Gasteiger charge is 2.41. The van der Waals surface area contributed by atoms with Crippen LogP contribution in [-0.2, 0) is 17.6 Å². The number of nitrogens with zero attached hydrogens (tertiary/aromatic N) is 4. The van der Waals surface area contributed by atoms with Crippen molar-refractivity contribution in [2.45, 2.75) is 44.4 Å². The number of alkyl halides is 2. The minimum atomic E-state index is -2.61. The zero-order valence-electron chi connectivity index (χ0n) is 13.7. The predicted molar refractivity (Wildman–Crippen MR) is 85.1 cm³/mol. The van der Waals surface area contributed by atoms with E-state index in [4.69, 9.17) is 0 Å². The second kappa shape index (κ2) is 5.93. The Morgan fingerprint density at radius 1 is 1.12 bits per heavy atom. The Hall–Kier alpha value is -1.79. The lowest BCUT2D eigenvalue weighted by atomic mass is 9.92. The van der Waals surface area contributed by atoms with E-state index < -0.39 is 5.92 Å². The molecule has 0 spiro atoms. The molecule has 1 amide bonds. The van der Waals surface area contributed by atoms with Gasteiger partial charge >= 0.3 is 0 Å². The van der Waals surface area contributed by atoms with Gasteiger partial charge in [0.05, 0.1) is 5.92 Å². The van der Waals surface area contributed by atoms with Gasteiger partial charge in [-0.3, -0.25) is 4.79 Å². The molecule has 0 radical (unpaired) electrons. The monoisotopic (exact) mass is 336 g/mol. The fourth-order valence-corrected chi connectivity index (χ4v) is 3.90. The number of likely N-dealkylation sites (tertiary alicyclic amines) is 1. The molecular formula is C17H22F2N4O. The maximum Gasteiger partial charge on any atom is 0.251 e. The number of amides is 1. The van der Waals surface area contributed by atoms with Gasteiger partial charge in [-0.2, -0.15) is 0 Å². The van der Waals surface area contributed by atoms with Crippen LogP contribution in [0.2, 0.25) is 0 Å². The molecule has 3 aliphatic rings. The van der Waals surface area contributed by atoms with E-state index in [1.165, 1.54) is 12.0 Å². The Morgan fingerprint density at radius 3 is 2.58 bits per heavy atom. The van der Waals surface area contributed by atoms with Gasteiger partial charge in [-0.05, 0) is 25.7 Å². The summed E-state index contributed by atoms with van der Waals surface area (Å²) in [5, 5.41) is 0. The SMILES string of the molecule is O=C(C1CN(c2ncnc3c2CCCC3)C1)N1CCC(F)(F)CC1. The third-order valence-electron chi connectivity index (χ3n) is 5.44. The number of rotatable bonds is 2. The van der Waals surface area contributed by atoms with Crippen molar-refractivity contribution in [3.8, 4) is 0 Å². The predicted octanol–water partition coefficient (Wildman–Crippen LogP) is 2.05. The third-order valence-corrected chi connectivity index (χ3v) is 5.44. The molecule has 0 unspecified atom stereocenters. The summed E-state index contributed by atoms with van der Waals surface area (Å²) in [4.78, 5) is 25.0. The number of aromatic nitrogens is 2. The molecule has 0 saturated carbocycles. The van der Waals surface area contributed by atoms with Crippen molar-refractivity contribution >= 4 is 11.7 Å². The molecule has 1 aromatic heterocycles. The van der Waals surface area contributed by atoms with Crippen LogP contribution in [-0.4, -0.2) is 52.9 Å². The molecule has 24 heavy (non-hydrogen) atoms. The first-order valence-corrected chi connectivity index (χ1v) is 8.78. The molecular weight excluding hydrogens is 314 g/mol. The van der Waals surface area contributed by atoms with Gasteiger partial charge in [-0.1, -0.05) is 0 Å². The maximum absolute atomic E-state index is 13.2. The van der Waals surface area contributed by atoms with Crippen molar-refractivity contribution in [3.05, 3.63) is 17.6 Å². The van der Waals surface area contributed by atoms with E-state index in [9.17, 15) is 13.6 Å². The molecule has 2 aliphatic heterocycles. The summed E-state index contributed by atoms with van der Waals surface area (Å²) in [7, 11) is 0. The minimum absolute atomic E-state index is 0.0182. The largest absolute Gasteiger partial charge is 0.355 e. The van der Waals surface area contributed by atoms with E-state index in [1.807, 2.05) is 0 Å². The molecule has 3 heterocycles. The first-order chi connectivity index (χ1) is 11.5. The van der Waals surface area contributed by atoms with Crippen molar-refractivity contribution in [1.29, 1.82) is 0 Å². The van der Waals surface area contributed by atoms with Crippen molar-refractivity contribution in [1.82, 2.24) is 14.9 Å². The van der Waals surface area contributed by atoms with E-state index in [2.05, 4.69) is 14.9 Å². The molecule has 1 aliphatic carbocycles. The number of hydrogen-bond donors (Lipinski definition) is 0.